The molecule has 0 atom stereocenters. The van der Waals surface area contributed by atoms with E-state index in [-0.39, 0.29) is 5.41 Å². The third kappa shape index (κ3) is 4.37. The predicted octanol–water partition coefficient (Wildman–Crippen LogP) is 15.5. The highest BCUT2D eigenvalue weighted by Crippen LogP contribution is 2.54. The Labute approximate surface area is 325 Å². The molecule has 11 aromatic rings. The zero-order chi connectivity index (χ0) is 37.1. The van der Waals surface area contributed by atoms with Crippen LogP contribution >= 0.6 is 0 Å². The van der Waals surface area contributed by atoms with E-state index in [0.29, 0.717) is 0 Å². The Morgan fingerprint density at radius 1 is 0.357 bits per heavy atom. The number of para-hydroxylation sites is 1. The van der Waals surface area contributed by atoms with Gasteiger partial charge in [0.2, 0.25) is 0 Å². The van der Waals surface area contributed by atoms with Crippen LogP contribution in [0.5, 0.6) is 0 Å². The smallest absolute Gasteiger partial charge is 0.143 e. The molecular formula is C55H36O. The number of benzene rings is 10. The van der Waals surface area contributed by atoms with Gasteiger partial charge in [0.1, 0.15) is 11.2 Å². The molecular weight excluding hydrogens is 677 g/mol. The summed E-state index contributed by atoms with van der Waals surface area (Å²) < 4.78 is 6.68. The van der Waals surface area contributed by atoms with Gasteiger partial charge in [-0.05, 0) is 124 Å². The number of hydrogen-bond acceptors (Lipinski definition) is 1. The minimum atomic E-state index is -0.141. The van der Waals surface area contributed by atoms with Crippen LogP contribution < -0.4 is 0 Å². The Hall–Kier alpha value is -6.96. The van der Waals surface area contributed by atoms with E-state index < -0.39 is 0 Å². The average molecular weight is 713 g/mol. The minimum Gasteiger partial charge on any atom is -0.455 e. The van der Waals surface area contributed by atoms with Gasteiger partial charge in [-0.25, -0.2) is 0 Å². The summed E-state index contributed by atoms with van der Waals surface area (Å²) in [6, 6.07) is 67.2. The Kier molecular flexibility index (Phi) is 6.46. The third-order valence-corrected chi connectivity index (χ3v) is 12.6. The van der Waals surface area contributed by atoms with Crippen LogP contribution in [0.1, 0.15) is 25.0 Å². The van der Waals surface area contributed by atoms with Gasteiger partial charge in [0.05, 0.1) is 0 Å². The van der Waals surface area contributed by atoms with Crippen molar-refractivity contribution in [3.8, 4) is 44.5 Å². The first-order valence-electron chi connectivity index (χ1n) is 19.6. The third-order valence-electron chi connectivity index (χ3n) is 12.6. The predicted molar refractivity (Wildman–Crippen MR) is 238 cm³/mol. The van der Waals surface area contributed by atoms with Gasteiger partial charge in [-0.15, -0.1) is 0 Å². The molecule has 0 amide bonds. The van der Waals surface area contributed by atoms with Gasteiger partial charge in [0, 0.05) is 21.6 Å². The molecule has 0 bridgehead atoms. The molecule has 0 aliphatic heterocycles. The van der Waals surface area contributed by atoms with Crippen LogP contribution in [0.3, 0.4) is 0 Å². The fraction of sp³-hybridized carbons (Fsp3) is 0.0545. The van der Waals surface area contributed by atoms with E-state index in [1.807, 2.05) is 0 Å². The number of rotatable bonds is 3. The lowest BCUT2D eigenvalue weighted by Crippen LogP contribution is -2.14. The Bertz CT molecular complexity index is 3390. The lowest BCUT2D eigenvalue weighted by Gasteiger charge is -2.21. The lowest BCUT2D eigenvalue weighted by molar-refractivity contribution is 0.660. The van der Waals surface area contributed by atoms with Crippen molar-refractivity contribution >= 4 is 65.0 Å². The number of furan rings is 1. The second-order valence-electron chi connectivity index (χ2n) is 16.0. The molecule has 0 spiro atoms. The molecule has 1 heterocycles. The summed E-state index contributed by atoms with van der Waals surface area (Å²) in [4.78, 5) is 0. The van der Waals surface area contributed by atoms with Crippen molar-refractivity contribution in [1.82, 2.24) is 0 Å². The first-order valence-corrected chi connectivity index (χ1v) is 19.6. The topological polar surface area (TPSA) is 13.1 Å². The summed E-state index contributed by atoms with van der Waals surface area (Å²) in [7, 11) is 0. The second-order valence-corrected chi connectivity index (χ2v) is 16.0. The van der Waals surface area contributed by atoms with Crippen molar-refractivity contribution in [2.45, 2.75) is 19.3 Å². The van der Waals surface area contributed by atoms with Crippen LogP contribution in [0.15, 0.2) is 186 Å². The molecule has 0 saturated carbocycles. The van der Waals surface area contributed by atoms with Gasteiger partial charge in [-0.1, -0.05) is 166 Å². The molecule has 1 heteroatoms. The maximum atomic E-state index is 6.68. The normalized spacial score (nSPS) is 13.3. The van der Waals surface area contributed by atoms with E-state index in [0.717, 1.165) is 16.6 Å². The SMILES string of the molecule is CC1(C)c2ccc(-c3cccc(-c4c5ccccc5c(-c5ccc6ccccc6c5)c5ccccc45)c3)cc2-c2c1ccc1ccc3c4ccccc4oc3c21. The Morgan fingerprint density at radius 2 is 0.911 bits per heavy atom. The highest BCUT2D eigenvalue weighted by Gasteiger charge is 2.37. The lowest BCUT2D eigenvalue weighted by atomic mass is 9.81. The summed E-state index contributed by atoms with van der Waals surface area (Å²) >= 11 is 0. The molecule has 1 aliphatic carbocycles. The molecule has 56 heavy (non-hydrogen) atoms. The highest BCUT2D eigenvalue weighted by atomic mass is 16.3. The molecule has 0 N–H and O–H groups in total. The molecule has 262 valence electrons. The first kappa shape index (κ1) is 31.4. The van der Waals surface area contributed by atoms with Crippen LogP contribution in [0.2, 0.25) is 0 Å². The van der Waals surface area contributed by atoms with E-state index in [2.05, 4.69) is 196 Å². The monoisotopic (exact) mass is 712 g/mol. The standard InChI is InChI=1S/C55H36O/c1-55(2)47-28-26-37(32-46(47)53-48(55)29-25-34-24-27-45-40-16-9-10-21-49(40)56-54(45)52(34)53)36-14-11-15-38(31-36)50-41-17-5-7-19-43(41)51(44-20-8-6-18-42(44)50)39-23-22-33-12-3-4-13-35(33)30-39/h3-32H,1-2H3. The molecule has 1 aromatic heterocycles. The quantitative estimate of drug-likeness (QED) is 0.166. The van der Waals surface area contributed by atoms with Crippen LogP contribution in [0.25, 0.3) is 110 Å². The van der Waals surface area contributed by atoms with Gasteiger partial charge in [-0.3, -0.25) is 0 Å². The maximum absolute atomic E-state index is 6.68. The molecule has 0 unspecified atom stereocenters. The summed E-state index contributed by atoms with van der Waals surface area (Å²) in [5.41, 5.74) is 14.5. The zero-order valence-corrected chi connectivity index (χ0v) is 31.2. The summed E-state index contributed by atoms with van der Waals surface area (Å²) in [6.45, 7) is 4.72. The van der Waals surface area contributed by atoms with Crippen LogP contribution in [-0.2, 0) is 5.41 Å². The van der Waals surface area contributed by atoms with Crippen molar-refractivity contribution in [2.75, 3.05) is 0 Å². The van der Waals surface area contributed by atoms with Crippen LogP contribution in [0.4, 0.5) is 0 Å². The zero-order valence-electron chi connectivity index (χ0n) is 31.2. The maximum Gasteiger partial charge on any atom is 0.143 e. The first-order chi connectivity index (χ1) is 27.5. The van der Waals surface area contributed by atoms with E-state index in [1.165, 1.54) is 104 Å². The van der Waals surface area contributed by atoms with E-state index >= 15 is 0 Å². The molecule has 0 saturated heterocycles. The fourth-order valence-electron chi connectivity index (χ4n) is 9.96. The van der Waals surface area contributed by atoms with Gasteiger partial charge in [-0.2, -0.15) is 0 Å². The van der Waals surface area contributed by atoms with Gasteiger partial charge in [0.15, 0.2) is 0 Å². The van der Waals surface area contributed by atoms with E-state index in [1.54, 1.807) is 0 Å². The summed E-state index contributed by atoms with van der Waals surface area (Å²) in [6.07, 6.45) is 0. The largest absolute Gasteiger partial charge is 0.455 e. The summed E-state index contributed by atoms with van der Waals surface area (Å²) in [5.74, 6) is 0. The second kappa shape index (κ2) is 11.5. The summed E-state index contributed by atoms with van der Waals surface area (Å²) in [5, 5.41) is 12.3. The highest BCUT2D eigenvalue weighted by molar-refractivity contribution is 6.23. The Balaban J connectivity index is 1.06. The van der Waals surface area contributed by atoms with Crippen molar-refractivity contribution < 1.29 is 4.42 Å². The number of fused-ring (bicyclic) bond motifs is 12. The Morgan fingerprint density at radius 3 is 1.66 bits per heavy atom. The molecule has 0 fully saturated rings. The molecule has 10 aromatic carbocycles. The van der Waals surface area contributed by atoms with Gasteiger partial charge in [0.25, 0.3) is 0 Å². The molecule has 12 rings (SSSR count). The van der Waals surface area contributed by atoms with E-state index in [9.17, 15) is 0 Å². The molecule has 0 radical (unpaired) electrons. The average Bonchev–Trinajstić information content (AvgIpc) is 3.74. The van der Waals surface area contributed by atoms with Gasteiger partial charge < -0.3 is 4.42 Å². The molecule has 1 aliphatic rings. The number of hydrogen-bond donors (Lipinski definition) is 0. The van der Waals surface area contributed by atoms with Crippen molar-refractivity contribution in [1.29, 1.82) is 0 Å². The minimum absolute atomic E-state index is 0.141. The van der Waals surface area contributed by atoms with Crippen LogP contribution in [-0.4, -0.2) is 0 Å². The van der Waals surface area contributed by atoms with Crippen molar-refractivity contribution in [2.24, 2.45) is 0 Å². The van der Waals surface area contributed by atoms with Crippen LogP contribution in [0, 0.1) is 0 Å². The van der Waals surface area contributed by atoms with Gasteiger partial charge >= 0.3 is 0 Å². The van der Waals surface area contributed by atoms with E-state index in [4.69, 9.17) is 4.42 Å². The fourth-order valence-corrected chi connectivity index (χ4v) is 9.96. The molecule has 1 nitrogen and oxygen atoms in total. The van der Waals surface area contributed by atoms with Crippen molar-refractivity contribution in [3.63, 3.8) is 0 Å². The van der Waals surface area contributed by atoms with Crippen molar-refractivity contribution in [3.05, 3.63) is 193 Å².